The summed E-state index contributed by atoms with van der Waals surface area (Å²) in [5.41, 5.74) is 7.65. The molecular weight excluding hydrogens is 417 g/mol. The molecule has 29 heavy (non-hydrogen) atoms. The van der Waals surface area contributed by atoms with E-state index in [-0.39, 0.29) is 16.4 Å². The molecule has 0 aliphatic carbocycles. The van der Waals surface area contributed by atoms with Gasteiger partial charge in [0.2, 0.25) is 16.0 Å². The van der Waals surface area contributed by atoms with Crippen LogP contribution in [0.2, 0.25) is 5.02 Å². The number of nitrogens with zero attached hydrogens (tertiary/aromatic N) is 2. The summed E-state index contributed by atoms with van der Waals surface area (Å²) in [5, 5.41) is 8.59. The van der Waals surface area contributed by atoms with Crippen LogP contribution in [0, 0.1) is 12.7 Å². The molecule has 0 amide bonds. The third-order valence-corrected chi connectivity index (χ3v) is 5.36. The molecule has 2 aromatic carbocycles. The lowest BCUT2D eigenvalue weighted by atomic mass is 10.1. The summed E-state index contributed by atoms with van der Waals surface area (Å²) in [6.45, 7) is 2.11. The maximum Gasteiger partial charge on any atom is 0.238 e. The summed E-state index contributed by atoms with van der Waals surface area (Å²) in [5.74, 6) is 0.0126. The molecule has 0 bridgehead atoms. The van der Waals surface area contributed by atoms with Crippen molar-refractivity contribution in [2.24, 2.45) is 5.14 Å². The van der Waals surface area contributed by atoms with Crippen LogP contribution in [0.4, 0.5) is 16.2 Å². The van der Waals surface area contributed by atoms with Crippen LogP contribution in [0.3, 0.4) is 0 Å². The Morgan fingerprint density at radius 2 is 1.83 bits per heavy atom. The molecule has 0 atom stereocenters. The number of aromatic nitrogens is 2. The van der Waals surface area contributed by atoms with Gasteiger partial charge in [-0.25, -0.2) is 22.9 Å². The molecule has 152 valence electrons. The van der Waals surface area contributed by atoms with E-state index in [9.17, 15) is 12.8 Å². The molecule has 1 heterocycles. The number of nitrogens with one attached hydrogen (secondary N) is 1. The van der Waals surface area contributed by atoms with Crippen molar-refractivity contribution >= 4 is 33.4 Å². The minimum absolute atomic E-state index is 0.000432. The normalized spacial score (nSPS) is 11.4. The number of anilines is 2. The lowest BCUT2D eigenvalue weighted by Gasteiger charge is -2.11. The molecule has 0 aliphatic rings. The van der Waals surface area contributed by atoms with Gasteiger partial charge in [0.1, 0.15) is 11.6 Å². The van der Waals surface area contributed by atoms with E-state index in [0.717, 1.165) is 5.56 Å². The van der Waals surface area contributed by atoms with E-state index in [2.05, 4.69) is 15.3 Å². The number of nitrogens with two attached hydrogens (primary N) is 2. The summed E-state index contributed by atoms with van der Waals surface area (Å²) in [4.78, 5) is 8.28. The molecule has 0 unspecified atom stereocenters. The first-order valence-corrected chi connectivity index (χ1v) is 10.5. The van der Waals surface area contributed by atoms with Gasteiger partial charge in [0, 0.05) is 23.2 Å². The summed E-state index contributed by atoms with van der Waals surface area (Å²) in [6.07, 6.45) is 0.592. The Bertz CT molecular complexity index is 1150. The predicted molar refractivity (Wildman–Crippen MR) is 112 cm³/mol. The maximum absolute atomic E-state index is 14.5. The monoisotopic (exact) mass is 435 g/mol. The average Bonchev–Trinajstić information content (AvgIpc) is 2.64. The van der Waals surface area contributed by atoms with Crippen LogP contribution in [0.15, 0.2) is 47.4 Å². The summed E-state index contributed by atoms with van der Waals surface area (Å²) in [6, 6.07) is 10.9. The van der Waals surface area contributed by atoms with E-state index < -0.39 is 15.8 Å². The fourth-order valence-corrected chi connectivity index (χ4v) is 3.58. The molecular formula is C19H19ClFN5O2S. The number of rotatable bonds is 6. The van der Waals surface area contributed by atoms with E-state index in [1.54, 1.807) is 25.1 Å². The maximum atomic E-state index is 14.5. The molecule has 5 N–H and O–H groups in total. The zero-order valence-electron chi connectivity index (χ0n) is 15.5. The molecule has 0 saturated heterocycles. The van der Waals surface area contributed by atoms with E-state index >= 15 is 0 Å². The number of aryl methyl sites for hydroxylation is 1. The van der Waals surface area contributed by atoms with Crippen LogP contribution in [0.1, 0.15) is 11.1 Å². The summed E-state index contributed by atoms with van der Waals surface area (Å²) >= 11 is 6.04. The van der Waals surface area contributed by atoms with Crippen LogP contribution in [0.25, 0.3) is 11.3 Å². The van der Waals surface area contributed by atoms with Crippen molar-refractivity contribution in [2.45, 2.75) is 18.2 Å². The Hall–Kier alpha value is -2.75. The highest BCUT2D eigenvalue weighted by atomic mass is 35.5. The predicted octanol–water partition coefficient (Wildman–Crippen LogP) is 3.13. The van der Waals surface area contributed by atoms with Crippen molar-refractivity contribution < 1.29 is 12.8 Å². The van der Waals surface area contributed by atoms with E-state index in [1.807, 2.05) is 0 Å². The zero-order valence-corrected chi connectivity index (χ0v) is 17.1. The first-order valence-electron chi connectivity index (χ1n) is 8.59. The van der Waals surface area contributed by atoms with Gasteiger partial charge in [-0.05, 0) is 48.7 Å². The number of nitrogen functional groups attached to an aromatic ring is 1. The molecule has 0 saturated carbocycles. The Kier molecular flexibility index (Phi) is 6.02. The highest BCUT2D eigenvalue weighted by Gasteiger charge is 2.13. The van der Waals surface area contributed by atoms with Gasteiger partial charge in [0.15, 0.2) is 0 Å². The van der Waals surface area contributed by atoms with Gasteiger partial charge in [-0.3, -0.25) is 0 Å². The van der Waals surface area contributed by atoms with Gasteiger partial charge in [-0.2, -0.15) is 4.98 Å². The average molecular weight is 436 g/mol. The molecule has 10 heteroatoms. The minimum Gasteiger partial charge on any atom is -0.370 e. The van der Waals surface area contributed by atoms with Gasteiger partial charge >= 0.3 is 0 Å². The molecule has 3 aromatic rings. The van der Waals surface area contributed by atoms with Crippen LogP contribution in [0.5, 0.6) is 0 Å². The van der Waals surface area contributed by atoms with Crippen molar-refractivity contribution in [2.75, 3.05) is 17.6 Å². The second kappa shape index (κ2) is 8.32. The highest BCUT2D eigenvalue weighted by Crippen LogP contribution is 2.29. The van der Waals surface area contributed by atoms with E-state index in [0.29, 0.717) is 35.1 Å². The van der Waals surface area contributed by atoms with Gasteiger partial charge in [-0.1, -0.05) is 23.7 Å². The lowest BCUT2D eigenvalue weighted by Crippen LogP contribution is -2.12. The number of hydrogen-bond acceptors (Lipinski definition) is 6. The fraction of sp³-hybridized carbons (Fsp3) is 0.158. The SMILES string of the molecule is Cc1cc(Cl)cc(-c2cc(NCCc3ccc(S(N)(=O)=O)cc3)nc(N)n2)c1F. The number of sulfonamides is 1. The molecule has 0 spiro atoms. The number of primary sulfonamides is 1. The standard InChI is InChI=1S/C19H19ClFN5O2S/c1-11-8-13(20)9-15(18(11)21)16-10-17(26-19(22)25-16)24-7-6-12-2-4-14(5-3-12)29(23,27)28/h2-5,8-10H,6-7H2,1H3,(H2,23,27,28)(H3,22,24,25,26). The first kappa shape index (κ1) is 21.0. The molecule has 0 aliphatic heterocycles. The van der Waals surface area contributed by atoms with Crippen LogP contribution in [-0.4, -0.2) is 24.9 Å². The molecule has 1 aromatic heterocycles. The Labute approximate surface area is 173 Å². The highest BCUT2D eigenvalue weighted by molar-refractivity contribution is 7.89. The molecule has 7 nitrogen and oxygen atoms in total. The minimum atomic E-state index is -3.72. The Balaban J connectivity index is 1.74. The smallest absolute Gasteiger partial charge is 0.238 e. The third-order valence-electron chi connectivity index (χ3n) is 4.21. The third kappa shape index (κ3) is 5.20. The Morgan fingerprint density at radius 3 is 2.48 bits per heavy atom. The van der Waals surface area contributed by atoms with E-state index in [1.165, 1.54) is 24.3 Å². The summed E-state index contributed by atoms with van der Waals surface area (Å²) < 4.78 is 37.1. The topological polar surface area (TPSA) is 124 Å². The van der Waals surface area contributed by atoms with Gasteiger partial charge in [-0.15, -0.1) is 0 Å². The number of hydrogen-bond donors (Lipinski definition) is 3. The Morgan fingerprint density at radius 1 is 1.14 bits per heavy atom. The van der Waals surface area contributed by atoms with Gasteiger partial charge in [0.25, 0.3) is 0 Å². The second-order valence-corrected chi connectivity index (χ2v) is 8.44. The van der Waals surface area contributed by atoms with Crippen molar-refractivity contribution in [1.29, 1.82) is 0 Å². The fourth-order valence-electron chi connectivity index (χ4n) is 2.79. The zero-order chi connectivity index (χ0) is 21.2. The van der Waals surface area contributed by atoms with Crippen LogP contribution in [-0.2, 0) is 16.4 Å². The lowest BCUT2D eigenvalue weighted by molar-refractivity contribution is 0.597. The van der Waals surface area contributed by atoms with Crippen molar-refractivity contribution in [3.63, 3.8) is 0 Å². The van der Waals surface area contributed by atoms with Gasteiger partial charge in [0.05, 0.1) is 10.6 Å². The summed E-state index contributed by atoms with van der Waals surface area (Å²) in [7, 11) is -3.72. The molecule has 3 rings (SSSR count). The molecule has 0 radical (unpaired) electrons. The number of benzene rings is 2. The van der Waals surface area contributed by atoms with Crippen molar-refractivity contribution in [3.05, 3.63) is 64.4 Å². The van der Waals surface area contributed by atoms with Crippen molar-refractivity contribution in [1.82, 2.24) is 9.97 Å². The van der Waals surface area contributed by atoms with E-state index in [4.69, 9.17) is 22.5 Å². The quantitative estimate of drug-likeness (QED) is 0.546. The largest absolute Gasteiger partial charge is 0.370 e. The first-order chi connectivity index (χ1) is 13.6. The van der Waals surface area contributed by atoms with Crippen LogP contribution >= 0.6 is 11.6 Å². The molecule has 0 fully saturated rings. The van der Waals surface area contributed by atoms with Gasteiger partial charge < -0.3 is 11.1 Å². The van der Waals surface area contributed by atoms with Crippen molar-refractivity contribution in [3.8, 4) is 11.3 Å². The number of halogens is 2. The van der Waals surface area contributed by atoms with Crippen LogP contribution < -0.4 is 16.2 Å². The second-order valence-electron chi connectivity index (χ2n) is 6.45.